The lowest BCUT2D eigenvalue weighted by Gasteiger charge is -2.03. The Balaban J connectivity index is 2.09. The Hall–Kier alpha value is -2.96. The molecule has 1 heterocycles. The quantitative estimate of drug-likeness (QED) is 0.627. The van der Waals surface area contributed by atoms with E-state index in [1.54, 1.807) is 0 Å². The van der Waals surface area contributed by atoms with Crippen molar-refractivity contribution in [2.75, 3.05) is 0 Å². The molecular formula is C15H7F3O4. The monoisotopic (exact) mass is 308 g/mol. The Morgan fingerprint density at radius 3 is 2.32 bits per heavy atom. The Morgan fingerprint density at radius 2 is 1.68 bits per heavy atom. The van der Waals surface area contributed by atoms with E-state index in [1.165, 1.54) is 6.07 Å². The Bertz CT molecular complexity index is 820. The first-order chi connectivity index (χ1) is 10.4. The lowest BCUT2D eigenvalue weighted by atomic mass is 10.1. The molecule has 2 N–H and O–H groups in total. The van der Waals surface area contributed by atoms with E-state index in [0.717, 1.165) is 12.1 Å². The van der Waals surface area contributed by atoms with Crippen molar-refractivity contribution >= 4 is 11.9 Å². The fourth-order valence-corrected chi connectivity index (χ4v) is 2.05. The number of Topliss-reactive ketones (excluding diaryl/α,β-unsaturated/α-hetero) is 1. The fourth-order valence-electron chi connectivity index (χ4n) is 2.05. The lowest BCUT2D eigenvalue weighted by molar-refractivity contribution is 0.101. The molecule has 4 nitrogen and oxygen atoms in total. The number of ether oxygens (including phenoxy) is 1. The van der Waals surface area contributed by atoms with E-state index >= 15 is 0 Å². The van der Waals surface area contributed by atoms with Gasteiger partial charge in [0.1, 0.15) is 17.5 Å². The predicted octanol–water partition coefficient (Wildman–Crippen LogP) is 3.13. The maximum Gasteiger partial charge on any atom is 0.232 e. The zero-order valence-electron chi connectivity index (χ0n) is 10.7. The van der Waals surface area contributed by atoms with Crippen LogP contribution in [-0.2, 0) is 0 Å². The number of ketones is 1. The molecule has 0 fully saturated rings. The largest absolute Gasteiger partial charge is 0.504 e. The number of carbonyl (C=O) groups excluding carboxylic acids is 1. The minimum Gasteiger partial charge on any atom is -0.504 e. The highest BCUT2D eigenvalue weighted by molar-refractivity contribution is 6.15. The zero-order valence-corrected chi connectivity index (χ0v) is 10.7. The number of phenolic OH excluding ortho intramolecular Hbond substituents is 2. The van der Waals surface area contributed by atoms with Gasteiger partial charge in [-0.15, -0.1) is 0 Å². The van der Waals surface area contributed by atoms with Gasteiger partial charge in [0.15, 0.2) is 17.3 Å². The van der Waals surface area contributed by atoms with Gasteiger partial charge in [-0.05, 0) is 18.2 Å². The van der Waals surface area contributed by atoms with E-state index in [0.29, 0.717) is 12.1 Å². The standard InChI is InChI=1S/C15H7F3O4/c16-6-3-9(17)8(10(18)4-6)5-12-13(20)7-1-2-11(19)14(21)15(7)22-12/h1-5,19,21H/b12-5-. The molecule has 3 rings (SSSR count). The Labute approximate surface area is 121 Å². The van der Waals surface area contributed by atoms with Gasteiger partial charge in [-0.25, -0.2) is 13.2 Å². The number of phenols is 2. The van der Waals surface area contributed by atoms with Crippen molar-refractivity contribution in [2.45, 2.75) is 0 Å². The summed E-state index contributed by atoms with van der Waals surface area (Å²) in [7, 11) is 0. The summed E-state index contributed by atoms with van der Waals surface area (Å²) in [5, 5.41) is 19.0. The van der Waals surface area contributed by atoms with Crippen molar-refractivity contribution in [3.8, 4) is 17.2 Å². The molecule has 0 amide bonds. The van der Waals surface area contributed by atoms with E-state index in [9.17, 15) is 28.2 Å². The van der Waals surface area contributed by atoms with Crippen LogP contribution in [0.25, 0.3) is 6.08 Å². The summed E-state index contributed by atoms with van der Waals surface area (Å²) in [5.74, 6) is -6.16. The van der Waals surface area contributed by atoms with Crippen LogP contribution in [0, 0.1) is 17.5 Å². The van der Waals surface area contributed by atoms with Crippen molar-refractivity contribution in [1.29, 1.82) is 0 Å². The highest BCUT2D eigenvalue weighted by Gasteiger charge is 2.31. The highest BCUT2D eigenvalue weighted by atomic mass is 19.1. The number of aromatic hydroxyl groups is 2. The first kappa shape index (κ1) is 14.0. The summed E-state index contributed by atoms with van der Waals surface area (Å²) in [6, 6.07) is 3.21. The normalized spacial score (nSPS) is 15.0. The number of allylic oxidation sites excluding steroid dienone is 1. The van der Waals surface area contributed by atoms with Crippen molar-refractivity contribution in [3.63, 3.8) is 0 Å². The lowest BCUT2D eigenvalue weighted by Crippen LogP contribution is -2.00. The third-order valence-electron chi connectivity index (χ3n) is 3.11. The molecule has 112 valence electrons. The van der Waals surface area contributed by atoms with Gasteiger partial charge in [-0.3, -0.25) is 4.79 Å². The third kappa shape index (κ3) is 2.07. The molecule has 2 aromatic carbocycles. The number of rotatable bonds is 1. The van der Waals surface area contributed by atoms with Crippen molar-refractivity contribution in [1.82, 2.24) is 0 Å². The van der Waals surface area contributed by atoms with Crippen LogP contribution in [0.5, 0.6) is 17.2 Å². The fraction of sp³-hybridized carbons (Fsp3) is 0. The van der Waals surface area contributed by atoms with Gasteiger partial charge in [-0.1, -0.05) is 0 Å². The van der Waals surface area contributed by atoms with Gasteiger partial charge < -0.3 is 14.9 Å². The van der Waals surface area contributed by atoms with Gasteiger partial charge in [0.25, 0.3) is 0 Å². The average molecular weight is 308 g/mol. The molecule has 7 heteroatoms. The maximum atomic E-state index is 13.6. The molecule has 0 aromatic heterocycles. The molecule has 0 radical (unpaired) electrons. The van der Waals surface area contributed by atoms with Crippen LogP contribution in [0.1, 0.15) is 15.9 Å². The molecule has 1 aliphatic heterocycles. The van der Waals surface area contributed by atoms with Crippen LogP contribution >= 0.6 is 0 Å². The van der Waals surface area contributed by atoms with E-state index in [2.05, 4.69) is 0 Å². The molecule has 0 atom stereocenters. The van der Waals surface area contributed by atoms with E-state index < -0.39 is 46.1 Å². The van der Waals surface area contributed by atoms with Crippen LogP contribution in [0.3, 0.4) is 0 Å². The van der Waals surface area contributed by atoms with Gasteiger partial charge in [-0.2, -0.15) is 0 Å². The summed E-state index contributed by atoms with van der Waals surface area (Å²) in [4.78, 5) is 12.0. The second-order valence-electron chi connectivity index (χ2n) is 4.53. The summed E-state index contributed by atoms with van der Waals surface area (Å²) in [5.41, 5.74) is -0.717. The number of benzene rings is 2. The number of carbonyl (C=O) groups is 1. The van der Waals surface area contributed by atoms with E-state index in [-0.39, 0.29) is 11.3 Å². The molecule has 1 aliphatic rings. The zero-order chi connectivity index (χ0) is 16.0. The third-order valence-corrected chi connectivity index (χ3v) is 3.11. The highest BCUT2D eigenvalue weighted by Crippen LogP contribution is 2.44. The summed E-state index contributed by atoms with van der Waals surface area (Å²) >= 11 is 0. The SMILES string of the molecule is O=C1/C(=C/c2c(F)cc(F)cc2F)Oc2c1ccc(O)c2O. The molecule has 0 aliphatic carbocycles. The molecule has 0 saturated heterocycles. The molecule has 0 spiro atoms. The second-order valence-corrected chi connectivity index (χ2v) is 4.53. The predicted molar refractivity (Wildman–Crippen MR) is 69.0 cm³/mol. The smallest absolute Gasteiger partial charge is 0.232 e. The maximum absolute atomic E-state index is 13.6. The number of fused-ring (bicyclic) bond motifs is 1. The van der Waals surface area contributed by atoms with Crippen LogP contribution in [0.15, 0.2) is 30.0 Å². The minimum atomic E-state index is -1.20. The van der Waals surface area contributed by atoms with Gasteiger partial charge in [0, 0.05) is 12.1 Å². The summed E-state index contributed by atoms with van der Waals surface area (Å²) in [6.45, 7) is 0. The van der Waals surface area contributed by atoms with Gasteiger partial charge >= 0.3 is 0 Å². The minimum absolute atomic E-state index is 0.0653. The number of hydrogen-bond donors (Lipinski definition) is 2. The van der Waals surface area contributed by atoms with Crippen LogP contribution in [-0.4, -0.2) is 16.0 Å². The van der Waals surface area contributed by atoms with Crippen molar-refractivity contribution in [3.05, 3.63) is 58.6 Å². The topological polar surface area (TPSA) is 66.8 Å². The van der Waals surface area contributed by atoms with Crippen molar-refractivity contribution in [2.24, 2.45) is 0 Å². The number of halogens is 3. The summed E-state index contributed by atoms with van der Waals surface area (Å²) < 4.78 is 45.1. The average Bonchev–Trinajstić information content (AvgIpc) is 2.76. The van der Waals surface area contributed by atoms with Crippen LogP contribution < -0.4 is 4.74 Å². The number of hydrogen-bond acceptors (Lipinski definition) is 4. The van der Waals surface area contributed by atoms with E-state index in [4.69, 9.17) is 4.74 Å². The molecule has 0 bridgehead atoms. The molecule has 22 heavy (non-hydrogen) atoms. The molecule has 0 unspecified atom stereocenters. The van der Waals surface area contributed by atoms with E-state index in [1.807, 2.05) is 0 Å². The first-order valence-electron chi connectivity index (χ1n) is 6.02. The molecule has 0 saturated carbocycles. The Morgan fingerprint density at radius 1 is 1.05 bits per heavy atom. The van der Waals surface area contributed by atoms with Crippen LogP contribution in [0.4, 0.5) is 13.2 Å². The van der Waals surface area contributed by atoms with Crippen molar-refractivity contribution < 1.29 is 32.9 Å². The second kappa shape index (κ2) is 4.80. The Kier molecular flexibility index (Phi) is 3.05. The van der Waals surface area contributed by atoms with Gasteiger partial charge in [0.05, 0.1) is 11.1 Å². The summed E-state index contributed by atoms with van der Waals surface area (Å²) in [6.07, 6.45) is 0.767. The van der Waals surface area contributed by atoms with Gasteiger partial charge in [0.2, 0.25) is 11.5 Å². The molecule has 2 aromatic rings. The molecular weight excluding hydrogens is 301 g/mol. The van der Waals surface area contributed by atoms with Crippen LogP contribution in [0.2, 0.25) is 0 Å². The first-order valence-corrected chi connectivity index (χ1v) is 6.02.